The van der Waals surface area contributed by atoms with Gasteiger partial charge >= 0.3 is 0 Å². The van der Waals surface area contributed by atoms with Gasteiger partial charge in [0.15, 0.2) is 0 Å². The molecule has 0 saturated heterocycles. The van der Waals surface area contributed by atoms with E-state index in [9.17, 15) is 0 Å². The smallest absolute Gasteiger partial charge is 0.0314 e. The lowest BCUT2D eigenvalue weighted by Gasteiger charge is -2.17. The average Bonchev–Trinajstić information content (AvgIpc) is 2.74. The molecule has 0 unspecified atom stereocenters. The number of hydrogen-bond acceptors (Lipinski definition) is 1. The minimum absolute atomic E-state index is 0.786. The molecule has 5 aromatic carbocycles. The topological polar surface area (TPSA) is 26.0 Å². The van der Waals surface area contributed by atoms with Crippen LogP contribution in [0.25, 0.3) is 43.8 Å². The lowest BCUT2D eigenvalue weighted by atomic mass is 9.86. The van der Waals surface area contributed by atoms with Gasteiger partial charge in [0.1, 0.15) is 0 Å². The molecule has 0 fully saturated rings. The highest BCUT2D eigenvalue weighted by atomic mass is 14.5. The van der Waals surface area contributed by atoms with Gasteiger partial charge in [0.05, 0.1) is 0 Å². The third-order valence-corrected chi connectivity index (χ3v) is 5.47. The van der Waals surface area contributed by atoms with Crippen LogP contribution in [0.5, 0.6) is 0 Å². The fourth-order valence-electron chi connectivity index (χ4n) is 4.12. The van der Waals surface area contributed by atoms with Crippen LogP contribution in [0.15, 0.2) is 97.1 Å². The maximum Gasteiger partial charge on any atom is 0.0314 e. The highest BCUT2D eigenvalue weighted by Crippen LogP contribution is 2.43. The van der Waals surface area contributed by atoms with Gasteiger partial charge in [-0.15, -0.1) is 0 Å². The average molecular weight is 359 g/mol. The fraction of sp³-hybridized carbons (Fsp3) is 0.0370. The standard InChI is InChI=1S/C27H21N/c1-18-10-12-19(13-11-18)26-22-6-2-4-8-24(22)27(20-14-16-21(28)17-15-20)25-9-5-3-7-23(25)26/h2-17H,28H2,1H3. The predicted octanol–water partition coefficient (Wildman–Crippen LogP) is 7.22. The van der Waals surface area contributed by atoms with Gasteiger partial charge in [-0.1, -0.05) is 90.5 Å². The third-order valence-electron chi connectivity index (χ3n) is 5.47. The largest absolute Gasteiger partial charge is 0.399 e. The van der Waals surface area contributed by atoms with E-state index in [-0.39, 0.29) is 0 Å². The first kappa shape index (κ1) is 16.6. The van der Waals surface area contributed by atoms with Crippen molar-refractivity contribution in [3.8, 4) is 22.3 Å². The molecular formula is C27H21N. The molecule has 0 heterocycles. The highest BCUT2D eigenvalue weighted by Gasteiger charge is 2.15. The van der Waals surface area contributed by atoms with Crippen LogP contribution in [0.4, 0.5) is 5.69 Å². The summed E-state index contributed by atoms with van der Waals surface area (Å²) in [6, 6.07) is 34.4. The molecule has 0 saturated carbocycles. The molecule has 0 spiro atoms. The zero-order valence-electron chi connectivity index (χ0n) is 15.8. The van der Waals surface area contributed by atoms with E-state index in [1.165, 1.54) is 49.4 Å². The van der Waals surface area contributed by atoms with E-state index >= 15 is 0 Å². The lowest BCUT2D eigenvalue weighted by molar-refractivity contribution is 1.47. The van der Waals surface area contributed by atoms with Crippen LogP contribution in [0.3, 0.4) is 0 Å². The van der Waals surface area contributed by atoms with Gasteiger partial charge in [0.2, 0.25) is 0 Å². The summed E-state index contributed by atoms with van der Waals surface area (Å²) in [6.07, 6.45) is 0. The normalized spacial score (nSPS) is 11.2. The summed E-state index contributed by atoms with van der Waals surface area (Å²) in [5, 5.41) is 5.08. The van der Waals surface area contributed by atoms with Gasteiger partial charge in [0, 0.05) is 5.69 Å². The molecule has 5 rings (SSSR count). The van der Waals surface area contributed by atoms with Gasteiger partial charge in [-0.3, -0.25) is 0 Å². The van der Waals surface area contributed by atoms with E-state index in [0.717, 1.165) is 5.69 Å². The minimum atomic E-state index is 0.786. The van der Waals surface area contributed by atoms with E-state index < -0.39 is 0 Å². The predicted molar refractivity (Wildman–Crippen MR) is 121 cm³/mol. The molecule has 0 aliphatic rings. The van der Waals surface area contributed by atoms with Crippen LogP contribution in [-0.4, -0.2) is 0 Å². The summed E-state index contributed by atoms with van der Waals surface area (Å²) in [6.45, 7) is 2.13. The summed E-state index contributed by atoms with van der Waals surface area (Å²) < 4.78 is 0. The molecule has 0 radical (unpaired) electrons. The molecule has 1 nitrogen and oxygen atoms in total. The van der Waals surface area contributed by atoms with Crippen LogP contribution in [-0.2, 0) is 0 Å². The second-order valence-corrected chi connectivity index (χ2v) is 7.33. The number of anilines is 1. The number of rotatable bonds is 2. The van der Waals surface area contributed by atoms with Gasteiger partial charge in [-0.25, -0.2) is 0 Å². The Balaban J connectivity index is 1.96. The zero-order valence-corrected chi connectivity index (χ0v) is 15.8. The van der Waals surface area contributed by atoms with Crippen LogP contribution in [0.1, 0.15) is 5.56 Å². The summed E-state index contributed by atoms with van der Waals surface area (Å²) in [4.78, 5) is 0. The molecular weight excluding hydrogens is 338 g/mol. The number of aryl methyl sites for hydroxylation is 1. The molecule has 0 amide bonds. The molecule has 0 atom stereocenters. The molecule has 1 heteroatoms. The van der Waals surface area contributed by atoms with E-state index in [4.69, 9.17) is 5.73 Å². The first-order valence-corrected chi connectivity index (χ1v) is 9.59. The Morgan fingerprint density at radius 3 is 1.21 bits per heavy atom. The van der Waals surface area contributed by atoms with E-state index in [0.29, 0.717) is 0 Å². The van der Waals surface area contributed by atoms with Crippen molar-refractivity contribution in [1.29, 1.82) is 0 Å². The van der Waals surface area contributed by atoms with Crippen LogP contribution < -0.4 is 5.73 Å². The van der Waals surface area contributed by atoms with Crippen molar-refractivity contribution in [2.24, 2.45) is 0 Å². The summed E-state index contributed by atoms with van der Waals surface area (Å²) in [5.74, 6) is 0. The monoisotopic (exact) mass is 359 g/mol. The van der Waals surface area contributed by atoms with Crippen LogP contribution in [0, 0.1) is 6.92 Å². The van der Waals surface area contributed by atoms with Gasteiger partial charge < -0.3 is 5.73 Å². The molecule has 0 aliphatic carbocycles. The summed E-state index contributed by atoms with van der Waals surface area (Å²) >= 11 is 0. The highest BCUT2D eigenvalue weighted by molar-refractivity contribution is 6.21. The Morgan fingerprint density at radius 2 is 0.821 bits per heavy atom. The van der Waals surface area contributed by atoms with Crippen molar-refractivity contribution in [3.05, 3.63) is 103 Å². The maximum atomic E-state index is 5.94. The van der Waals surface area contributed by atoms with Crippen molar-refractivity contribution in [2.75, 3.05) is 5.73 Å². The van der Waals surface area contributed by atoms with Crippen molar-refractivity contribution >= 4 is 27.2 Å². The van der Waals surface area contributed by atoms with Gasteiger partial charge in [0.25, 0.3) is 0 Å². The maximum absolute atomic E-state index is 5.94. The molecule has 0 aliphatic heterocycles. The molecule has 5 aromatic rings. The Hall–Kier alpha value is -3.58. The Labute approximate surface area is 165 Å². The quantitative estimate of drug-likeness (QED) is 0.261. The second-order valence-electron chi connectivity index (χ2n) is 7.33. The Morgan fingerprint density at radius 1 is 0.464 bits per heavy atom. The minimum Gasteiger partial charge on any atom is -0.399 e. The van der Waals surface area contributed by atoms with E-state index in [2.05, 4.69) is 91.9 Å². The molecule has 0 bridgehead atoms. The van der Waals surface area contributed by atoms with Crippen molar-refractivity contribution in [2.45, 2.75) is 6.92 Å². The molecule has 134 valence electrons. The fourth-order valence-corrected chi connectivity index (χ4v) is 4.12. The number of nitrogen functional groups attached to an aromatic ring is 1. The second kappa shape index (κ2) is 6.54. The number of hydrogen-bond donors (Lipinski definition) is 1. The van der Waals surface area contributed by atoms with Gasteiger partial charge in [-0.2, -0.15) is 0 Å². The van der Waals surface area contributed by atoms with Crippen LogP contribution in [0.2, 0.25) is 0 Å². The first-order valence-electron chi connectivity index (χ1n) is 9.59. The molecule has 28 heavy (non-hydrogen) atoms. The first-order chi connectivity index (χ1) is 13.7. The van der Waals surface area contributed by atoms with E-state index in [1.807, 2.05) is 12.1 Å². The molecule has 2 N–H and O–H groups in total. The number of fused-ring (bicyclic) bond motifs is 2. The SMILES string of the molecule is Cc1ccc(-c2c3ccccc3c(-c3ccc(N)cc3)c3ccccc23)cc1. The Kier molecular flexibility index (Phi) is 3.87. The number of benzene rings is 5. The number of nitrogens with two attached hydrogens (primary N) is 1. The Bertz CT molecular complexity index is 1140. The van der Waals surface area contributed by atoms with Crippen molar-refractivity contribution in [3.63, 3.8) is 0 Å². The summed E-state index contributed by atoms with van der Waals surface area (Å²) in [7, 11) is 0. The third kappa shape index (κ3) is 2.64. The van der Waals surface area contributed by atoms with Crippen LogP contribution >= 0.6 is 0 Å². The van der Waals surface area contributed by atoms with Gasteiger partial charge in [-0.05, 0) is 62.9 Å². The van der Waals surface area contributed by atoms with E-state index in [1.54, 1.807) is 0 Å². The van der Waals surface area contributed by atoms with Crippen molar-refractivity contribution in [1.82, 2.24) is 0 Å². The lowest BCUT2D eigenvalue weighted by Crippen LogP contribution is -1.91. The zero-order chi connectivity index (χ0) is 19.1. The molecule has 0 aromatic heterocycles. The summed E-state index contributed by atoms with van der Waals surface area (Å²) in [5.41, 5.74) is 13.0. The van der Waals surface area contributed by atoms with Crippen molar-refractivity contribution < 1.29 is 0 Å².